The predicted octanol–water partition coefficient (Wildman–Crippen LogP) is 1.19. The molecule has 0 saturated heterocycles. The summed E-state index contributed by atoms with van der Waals surface area (Å²) in [5.74, 6) is -1.26. The lowest BCUT2D eigenvalue weighted by Gasteiger charge is -2.07. The van der Waals surface area contributed by atoms with Crippen molar-refractivity contribution in [1.29, 1.82) is 0 Å². The molecule has 0 amide bonds. The minimum absolute atomic E-state index is 0.00856. The van der Waals surface area contributed by atoms with Crippen LogP contribution < -0.4 is 4.84 Å². The highest BCUT2D eigenvalue weighted by Gasteiger charge is 2.12. The number of rotatable bonds is 4. The summed E-state index contributed by atoms with van der Waals surface area (Å²) in [7, 11) is 0. The number of aromatic nitrogens is 1. The van der Waals surface area contributed by atoms with Crippen LogP contribution in [0.1, 0.15) is 12.0 Å². The summed E-state index contributed by atoms with van der Waals surface area (Å²) in [5.41, 5.74) is 0.625. The van der Waals surface area contributed by atoms with Crippen LogP contribution in [0.3, 0.4) is 0 Å². The SMILES string of the molecule is O=C(CCc1ccccc1O)On1c(O)ccc1O. The van der Waals surface area contributed by atoms with Crippen molar-refractivity contribution in [3.05, 3.63) is 42.0 Å². The molecule has 0 bridgehead atoms. The molecule has 0 spiro atoms. The van der Waals surface area contributed by atoms with Gasteiger partial charge in [-0.2, -0.15) is 0 Å². The Kier molecular flexibility index (Phi) is 3.61. The summed E-state index contributed by atoms with van der Waals surface area (Å²) in [6.45, 7) is 0. The normalized spacial score (nSPS) is 10.3. The van der Waals surface area contributed by atoms with Gasteiger partial charge in [-0.25, -0.2) is 4.79 Å². The molecule has 0 atom stereocenters. The smallest absolute Gasteiger partial charge is 0.333 e. The van der Waals surface area contributed by atoms with Gasteiger partial charge in [0.1, 0.15) is 5.75 Å². The molecule has 0 aliphatic carbocycles. The molecule has 0 radical (unpaired) electrons. The van der Waals surface area contributed by atoms with E-state index in [-0.39, 0.29) is 23.9 Å². The van der Waals surface area contributed by atoms with Crippen molar-refractivity contribution in [1.82, 2.24) is 4.73 Å². The Balaban J connectivity index is 1.94. The molecule has 2 rings (SSSR count). The van der Waals surface area contributed by atoms with Crippen molar-refractivity contribution in [2.75, 3.05) is 0 Å². The van der Waals surface area contributed by atoms with Crippen molar-refractivity contribution in [3.63, 3.8) is 0 Å². The van der Waals surface area contributed by atoms with Crippen LogP contribution >= 0.6 is 0 Å². The van der Waals surface area contributed by atoms with Crippen molar-refractivity contribution in [3.8, 4) is 17.5 Å². The Hall–Kier alpha value is -2.63. The first-order valence-corrected chi connectivity index (χ1v) is 5.65. The first-order chi connectivity index (χ1) is 9.08. The van der Waals surface area contributed by atoms with E-state index in [1.807, 2.05) is 0 Å². The Morgan fingerprint density at radius 2 is 1.68 bits per heavy atom. The fourth-order valence-electron chi connectivity index (χ4n) is 1.60. The maximum Gasteiger partial charge on any atom is 0.333 e. The van der Waals surface area contributed by atoms with Crippen molar-refractivity contribution in [2.45, 2.75) is 12.8 Å². The van der Waals surface area contributed by atoms with E-state index in [0.29, 0.717) is 16.7 Å². The van der Waals surface area contributed by atoms with E-state index < -0.39 is 5.97 Å². The Bertz CT molecular complexity index is 571. The number of benzene rings is 1. The molecule has 6 heteroatoms. The van der Waals surface area contributed by atoms with Crippen LogP contribution in [0.5, 0.6) is 17.5 Å². The number of carbonyl (C=O) groups is 1. The number of para-hydroxylation sites is 1. The van der Waals surface area contributed by atoms with Crippen LogP contribution in [0.25, 0.3) is 0 Å². The molecule has 0 saturated carbocycles. The molecule has 3 N–H and O–H groups in total. The van der Waals surface area contributed by atoms with E-state index in [2.05, 4.69) is 0 Å². The van der Waals surface area contributed by atoms with Crippen LogP contribution in [-0.4, -0.2) is 26.0 Å². The summed E-state index contributed by atoms with van der Waals surface area (Å²) in [6, 6.07) is 9.08. The second-order valence-corrected chi connectivity index (χ2v) is 3.94. The minimum Gasteiger partial charge on any atom is -0.508 e. The number of aryl methyl sites for hydroxylation is 1. The van der Waals surface area contributed by atoms with Gasteiger partial charge >= 0.3 is 5.97 Å². The maximum atomic E-state index is 11.6. The summed E-state index contributed by atoms with van der Waals surface area (Å²) in [6.07, 6.45) is 0.308. The van der Waals surface area contributed by atoms with Gasteiger partial charge in [0.15, 0.2) is 0 Å². The highest BCUT2D eigenvalue weighted by Crippen LogP contribution is 2.20. The number of aromatic hydroxyl groups is 3. The lowest BCUT2D eigenvalue weighted by atomic mass is 10.1. The van der Waals surface area contributed by atoms with Crippen LogP contribution in [0.2, 0.25) is 0 Å². The first kappa shape index (κ1) is 12.8. The Labute approximate surface area is 109 Å². The largest absolute Gasteiger partial charge is 0.508 e. The molecule has 2 aromatic rings. The van der Waals surface area contributed by atoms with Crippen molar-refractivity contribution in [2.24, 2.45) is 0 Å². The molecule has 19 heavy (non-hydrogen) atoms. The van der Waals surface area contributed by atoms with Crippen LogP contribution in [0.15, 0.2) is 36.4 Å². The number of phenols is 1. The Morgan fingerprint density at radius 1 is 1.05 bits per heavy atom. The standard InChI is InChI=1S/C13H13NO5/c15-10-4-2-1-3-9(10)5-8-13(18)19-14-11(16)6-7-12(14)17/h1-4,6-7,15-17H,5,8H2. The molecule has 1 heterocycles. The third kappa shape index (κ3) is 2.98. The first-order valence-electron chi connectivity index (χ1n) is 5.65. The topological polar surface area (TPSA) is 91.9 Å². The zero-order valence-electron chi connectivity index (χ0n) is 9.98. The molecule has 100 valence electrons. The van der Waals surface area contributed by atoms with Crippen molar-refractivity contribution < 1.29 is 25.0 Å². The molecule has 0 aliphatic heterocycles. The molecule has 1 aromatic heterocycles. The lowest BCUT2D eigenvalue weighted by Crippen LogP contribution is -2.19. The molecule has 0 unspecified atom stereocenters. The fraction of sp³-hybridized carbons (Fsp3) is 0.154. The second-order valence-electron chi connectivity index (χ2n) is 3.94. The molecule has 1 aromatic carbocycles. The summed E-state index contributed by atoms with van der Waals surface area (Å²) in [5, 5.41) is 28.1. The van der Waals surface area contributed by atoms with Gasteiger partial charge in [0, 0.05) is 12.1 Å². The van der Waals surface area contributed by atoms with Crippen LogP contribution in [0, 0.1) is 0 Å². The second kappa shape index (κ2) is 5.34. The summed E-state index contributed by atoms with van der Waals surface area (Å²) in [4.78, 5) is 16.3. The van der Waals surface area contributed by atoms with E-state index in [1.54, 1.807) is 18.2 Å². The molecular weight excluding hydrogens is 250 g/mol. The average molecular weight is 263 g/mol. The van der Waals surface area contributed by atoms with Gasteiger partial charge in [-0.3, -0.25) is 0 Å². The van der Waals surface area contributed by atoms with Gasteiger partial charge in [-0.1, -0.05) is 18.2 Å². The molecular formula is C13H13NO5. The predicted molar refractivity (Wildman–Crippen MR) is 65.8 cm³/mol. The third-order valence-corrected chi connectivity index (χ3v) is 2.58. The Morgan fingerprint density at radius 3 is 2.32 bits per heavy atom. The fourth-order valence-corrected chi connectivity index (χ4v) is 1.60. The number of hydrogen-bond acceptors (Lipinski definition) is 5. The number of hydrogen-bond donors (Lipinski definition) is 3. The monoisotopic (exact) mass is 263 g/mol. The molecule has 0 aliphatic rings. The van der Waals surface area contributed by atoms with Gasteiger partial charge in [0.25, 0.3) is 0 Å². The van der Waals surface area contributed by atoms with E-state index in [9.17, 15) is 20.1 Å². The van der Waals surface area contributed by atoms with Crippen LogP contribution in [0.4, 0.5) is 0 Å². The summed E-state index contributed by atoms with van der Waals surface area (Å²) < 4.78 is 0.632. The number of carbonyl (C=O) groups excluding carboxylic acids is 1. The minimum atomic E-state index is -0.634. The maximum absolute atomic E-state index is 11.6. The highest BCUT2D eigenvalue weighted by atomic mass is 16.7. The van der Waals surface area contributed by atoms with Gasteiger partial charge in [-0.05, 0) is 18.1 Å². The third-order valence-electron chi connectivity index (χ3n) is 2.58. The van der Waals surface area contributed by atoms with Gasteiger partial charge in [-0.15, -0.1) is 4.73 Å². The van der Waals surface area contributed by atoms with E-state index >= 15 is 0 Å². The van der Waals surface area contributed by atoms with Gasteiger partial charge < -0.3 is 20.2 Å². The number of nitrogens with zero attached hydrogens (tertiary/aromatic N) is 1. The van der Waals surface area contributed by atoms with Crippen LogP contribution in [-0.2, 0) is 11.2 Å². The molecule has 0 fully saturated rings. The highest BCUT2D eigenvalue weighted by molar-refractivity contribution is 5.70. The zero-order valence-corrected chi connectivity index (χ0v) is 9.98. The zero-order chi connectivity index (χ0) is 13.8. The van der Waals surface area contributed by atoms with E-state index in [1.165, 1.54) is 18.2 Å². The van der Waals surface area contributed by atoms with Gasteiger partial charge in [0.2, 0.25) is 11.8 Å². The van der Waals surface area contributed by atoms with E-state index in [4.69, 9.17) is 4.84 Å². The van der Waals surface area contributed by atoms with Crippen molar-refractivity contribution >= 4 is 5.97 Å². The lowest BCUT2D eigenvalue weighted by molar-refractivity contribution is -0.145. The quantitative estimate of drug-likeness (QED) is 0.770. The van der Waals surface area contributed by atoms with Gasteiger partial charge in [0.05, 0.1) is 6.42 Å². The molecule has 6 nitrogen and oxygen atoms in total. The average Bonchev–Trinajstić information content (AvgIpc) is 2.70. The number of phenolic OH excluding ortho intramolecular Hbond substituents is 1. The summed E-state index contributed by atoms with van der Waals surface area (Å²) >= 11 is 0. The van der Waals surface area contributed by atoms with E-state index in [0.717, 1.165) is 0 Å².